The third-order valence-electron chi connectivity index (χ3n) is 6.35. The average molecular weight is 482 g/mol. The predicted molar refractivity (Wildman–Crippen MR) is 139 cm³/mol. The van der Waals surface area contributed by atoms with E-state index in [1.807, 2.05) is 78.9 Å². The Bertz CT molecular complexity index is 1390. The van der Waals surface area contributed by atoms with Crippen LogP contribution in [0.3, 0.4) is 0 Å². The van der Waals surface area contributed by atoms with Crippen molar-refractivity contribution in [2.75, 3.05) is 31.1 Å². The Morgan fingerprint density at radius 3 is 2.31 bits per heavy atom. The molecule has 1 saturated heterocycles. The lowest BCUT2D eigenvalue weighted by Gasteiger charge is -2.35. The molecular formula is C28H27N5O3. The highest BCUT2D eigenvalue weighted by molar-refractivity contribution is 6.03. The number of rotatable bonds is 6. The summed E-state index contributed by atoms with van der Waals surface area (Å²) in [6.07, 6.45) is 2.93. The van der Waals surface area contributed by atoms with Crippen molar-refractivity contribution in [1.82, 2.24) is 19.9 Å². The maximum atomic E-state index is 13.5. The van der Waals surface area contributed by atoms with Gasteiger partial charge in [0.25, 0.3) is 11.8 Å². The number of benzene rings is 3. The molecule has 1 amide bonds. The van der Waals surface area contributed by atoms with E-state index in [1.54, 1.807) is 16.1 Å². The first-order valence-electron chi connectivity index (χ1n) is 11.9. The molecule has 0 unspecified atom stereocenters. The molecule has 2 heterocycles. The molecule has 1 aliphatic rings. The van der Waals surface area contributed by atoms with Gasteiger partial charge in [-0.1, -0.05) is 54.6 Å². The Morgan fingerprint density at radius 1 is 0.889 bits per heavy atom. The SMILES string of the molecule is O=C(/C=C/c1ccc(CN2CCN(c3nc4ccccc4n3C(=O)c3ccccc3)CC2)cc1)NO. The third-order valence-corrected chi connectivity index (χ3v) is 6.35. The van der Waals surface area contributed by atoms with Gasteiger partial charge in [-0.3, -0.25) is 19.7 Å². The zero-order valence-electron chi connectivity index (χ0n) is 19.7. The van der Waals surface area contributed by atoms with Crippen LogP contribution in [0.15, 0.2) is 84.9 Å². The standard InChI is InChI=1S/C28H27N5O3/c34-26(30-36)15-14-21-10-12-22(13-11-21)20-31-16-18-32(19-17-31)28-29-24-8-4-5-9-25(24)33(28)27(35)23-6-2-1-3-7-23/h1-15,36H,16-20H2,(H,30,34)/b15-14+. The Labute approximate surface area is 209 Å². The van der Waals surface area contributed by atoms with Gasteiger partial charge in [-0.05, 0) is 41.5 Å². The minimum atomic E-state index is -0.559. The molecule has 8 heteroatoms. The number of nitrogens with zero attached hydrogens (tertiary/aromatic N) is 4. The van der Waals surface area contributed by atoms with Gasteiger partial charge in [0.2, 0.25) is 5.95 Å². The molecule has 182 valence electrons. The average Bonchev–Trinajstić information content (AvgIpc) is 3.32. The number of imidazole rings is 1. The quantitative estimate of drug-likeness (QED) is 0.249. The first-order valence-corrected chi connectivity index (χ1v) is 11.9. The molecule has 1 aliphatic heterocycles. The zero-order chi connectivity index (χ0) is 24.9. The fraction of sp³-hybridized carbons (Fsp3) is 0.179. The molecule has 1 aromatic heterocycles. The van der Waals surface area contributed by atoms with Crippen LogP contribution in [0.25, 0.3) is 17.1 Å². The lowest BCUT2D eigenvalue weighted by atomic mass is 10.1. The molecule has 1 fully saturated rings. The van der Waals surface area contributed by atoms with E-state index in [2.05, 4.69) is 9.80 Å². The van der Waals surface area contributed by atoms with Crippen molar-refractivity contribution < 1.29 is 14.8 Å². The summed E-state index contributed by atoms with van der Waals surface area (Å²) in [5.74, 6) is 0.0519. The summed E-state index contributed by atoms with van der Waals surface area (Å²) in [4.78, 5) is 34.0. The molecule has 4 aromatic rings. The predicted octanol–water partition coefficient (Wildman–Crippen LogP) is 3.57. The summed E-state index contributed by atoms with van der Waals surface area (Å²) in [5.41, 5.74) is 5.90. The minimum Gasteiger partial charge on any atom is -0.339 e. The third kappa shape index (κ3) is 5.05. The summed E-state index contributed by atoms with van der Waals surface area (Å²) in [7, 11) is 0. The van der Waals surface area contributed by atoms with Gasteiger partial charge in [-0.15, -0.1) is 0 Å². The molecule has 2 N–H and O–H groups in total. The minimum absolute atomic E-state index is 0.0765. The van der Waals surface area contributed by atoms with Crippen LogP contribution >= 0.6 is 0 Å². The Balaban J connectivity index is 1.28. The lowest BCUT2D eigenvalue weighted by Crippen LogP contribution is -2.47. The van der Waals surface area contributed by atoms with Crippen LogP contribution in [0, 0.1) is 0 Å². The Morgan fingerprint density at radius 2 is 1.58 bits per heavy atom. The second-order valence-corrected chi connectivity index (χ2v) is 8.72. The van der Waals surface area contributed by atoms with Crippen LogP contribution in [-0.4, -0.2) is 57.7 Å². The summed E-state index contributed by atoms with van der Waals surface area (Å²) < 4.78 is 1.74. The number of piperazine rings is 1. The molecule has 3 aromatic carbocycles. The van der Waals surface area contributed by atoms with E-state index in [-0.39, 0.29) is 5.91 Å². The second kappa shape index (κ2) is 10.6. The second-order valence-electron chi connectivity index (χ2n) is 8.72. The number of hydrogen-bond acceptors (Lipinski definition) is 6. The van der Waals surface area contributed by atoms with Crippen molar-refractivity contribution in [3.63, 3.8) is 0 Å². The van der Waals surface area contributed by atoms with Gasteiger partial charge in [-0.2, -0.15) is 0 Å². The highest BCUT2D eigenvalue weighted by Gasteiger charge is 2.25. The molecule has 8 nitrogen and oxygen atoms in total. The van der Waals surface area contributed by atoms with E-state index in [0.717, 1.165) is 49.3 Å². The van der Waals surface area contributed by atoms with Crippen LogP contribution in [0.1, 0.15) is 21.5 Å². The maximum absolute atomic E-state index is 13.5. The molecule has 0 aliphatic carbocycles. The van der Waals surface area contributed by atoms with Crippen LogP contribution in [0.2, 0.25) is 0 Å². The number of amides is 1. The summed E-state index contributed by atoms with van der Waals surface area (Å²) in [6, 6.07) is 25.1. The van der Waals surface area contributed by atoms with E-state index < -0.39 is 5.91 Å². The monoisotopic (exact) mass is 481 g/mol. The fourth-order valence-electron chi connectivity index (χ4n) is 4.44. The summed E-state index contributed by atoms with van der Waals surface area (Å²) >= 11 is 0. The number of carbonyl (C=O) groups is 2. The number of nitrogens with one attached hydrogen (secondary N) is 1. The maximum Gasteiger partial charge on any atom is 0.267 e. The molecule has 0 bridgehead atoms. The van der Waals surface area contributed by atoms with Crippen LogP contribution < -0.4 is 10.4 Å². The molecule has 5 rings (SSSR count). The largest absolute Gasteiger partial charge is 0.339 e. The Hall–Kier alpha value is -4.27. The number of hydrogen-bond donors (Lipinski definition) is 2. The molecule has 0 spiro atoms. The van der Waals surface area contributed by atoms with E-state index in [4.69, 9.17) is 10.2 Å². The first-order chi connectivity index (χ1) is 17.6. The van der Waals surface area contributed by atoms with Gasteiger partial charge in [0.05, 0.1) is 11.0 Å². The molecule has 0 radical (unpaired) electrons. The lowest BCUT2D eigenvalue weighted by molar-refractivity contribution is -0.124. The van der Waals surface area contributed by atoms with Gasteiger partial charge in [0.1, 0.15) is 0 Å². The number of aromatic nitrogens is 2. The zero-order valence-corrected chi connectivity index (χ0v) is 19.7. The van der Waals surface area contributed by atoms with Gasteiger partial charge < -0.3 is 4.90 Å². The number of hydroxylamine groups is 1. The van der Waals surface area contributed by atoms with Crippen molar-refractivity contribution >= 4 is 34.9 Å². The number of anilines is 1. The van der Waals surface area contributed by atoms with Crippen molar-refractivity contribution in [3.8, 4) is 0 Å². The summed E-state index contributed by atoms with van der Waals surface area (Å²) in [6.45, 7) is 4.04. The molecular weight excluding hydrogens is 454 g/mol. The molecule has 36 heavy (non-hydrogen) atoms. The van der Waals surface area contributed by atoms with Gasteiger partial charge in [0, 0.05) is 44.4 Å². The van der Waals surface area contributed by atoms with E-state index >= 15 is 0 Å². The van der Waals surface area contributed by atoms with Gasteiger partial charge in [-0.25, -0.2) is 15.0 Å². The van der Waals surface area contributed by atoms with Gasteiger partial charge in [0.15, 0.2) is 0 Å². The topological polar surface area (TPSA) is 90.7 Å². The highest BCUT2D eigenvalue weighted by Crippen LogP contribution is 2.25. The van der Waals surface area contributed by atoms with E-state index in [1.165, 1.54) is 11.6 Å². The normalized spacial score (nSPS) is 14.4. The fourth-order valence-corrected chi connectivity index (χ4v) is 4.44. The number of para-hydroxylation sites is 2. The van der Waals surface area contributed by atoms with Crippen LogP contribution in [0.4, 0.5) is 5.95 Å². The Kier molecular flexibility index (Phi) is 6.88. The van der Waals surface area contributed by atoms with Gasteiger partial charge >= 0.3 is 0 Å². The first kappa shape index (κ1) is 23.5. The van der Waals surface area contributed by atoms with Crippen LogP contribution in [0.5, 0.6) is 0 Å². The highest BCUT2D eigenvalue weighted by atomic mass is 16.5. The van der Waals surface area contributed by atoms with Crippen molar-refractivity contribution in [1.29, 1.82) is 0 Å². The molecule has 0 atom stereocenters. The smallest absolute Gasteiger partial charge is 0.267 e. The van der Waals surface area contributed by atoms with E-state index in [9.17, 15) is 9.59 Å². The number of carbonyl (C=O) groups excluding carboxylic acids is 2. The molecule has 0 saturated carbocycles. The van der Waals surface area contributed by atoms with Crippen molar-refractivity contribution in [2.45, 2.75) is 6.54 Å². The van der Waals surface area contributed by atoms with Crippen molar-refractivity contribution in [2.24, 2.45) is 0 Å². The van der Waals surface area contributed by atoms with E-state index in [0.29, 0.717) is 11.5 Å². The van der Waals surface area contributed by atoms with Crippen LogP contribution in [-0.2, 0) is 11.3 Å². The number of fused-ring (bicyclic) bond motifs is 1. The summed E-state index contributed by atoms with van der Waals surface area (Å²) in [5, 5.41) is 8.58. The van der Waals surface area contributed by atoms with Crippen molar-refractivity contribution in [3.05, 3.63) is 102 Å².